The van der Waals surface area contributed by atoms with Crippen molar-refractivity contribution in [2.45, 2.75) is 38.9 Å². The topological polar surface area (TPSA) is 64.0 Å². The van der Waals surface area contributed by atoms with Gasteiger partial charge in [-0.15, -0.1) is 0 Å². The van der Waals surface area contributed by atoms with Crippen LogP contribution in [0.15, 0.2) is 42.5 Å². The SMILES string of the molecule is CCC(=O)c1ccc(C(C)C(=O)NCc2cc(C(F)(F)F)nn2-c2ccc(F)c(F)c2)cc1F. The third kappa shape index (κ3) is 5.29. The lowest BCUT2D eigenvalue weighted by Gasteiger charge is -2.14. The molecule has 1 N–H and O–H groups in total. The second-order valence-corrected chi connectivity index (χ2v) is 7.48. The van der Waals surface area contributed by atoms with E-state index in [9.17, 15) is 35.9 Å². The van der Waals surface area contributed by atoms with E-state index < -0.39 is 53.5 Å². The number of alkyl halides is 3. The smallest absolute Gasteiger partial charge is 0.350 e. The predicted molar refractivity (Wildman–Crippen MR) is 110 cm³/mol. The molecule has 2 aromatic carbocycles. The van der Waals surface area contributed by atoms with E-state index in [4.69, 9.17) is 0 Å². The van der Waals surface area contributed by atoms with Crippen molar-refractivity contribution in [1.82, 2.24) is 15.1 Å². The summed E-state index contributed by atoms with van der Waals surface area (Å²) >= 11 is 0. The Balaban J connectivity index is 1.83. The fourth-order valence-corrected chi connectivity index (χ4v) is 3.22. The molecule has 0 fully saturated rings. The van der Waals surface area contributed by atoms with Gasteiger partial charge in [0, 0.05) is 12.5 Å². The molecule has 0 saturated heterocycles. The van der Waals surface area contributed by atoms with Gasteiger partial charge in [-0.05, 0) is 42.8 Å². The molecule has 11 heteroatoms. The van der Waals surface area contributed by atoms with Crippen molar-refractivity contribution >= 4 is 11.7 Å². The van der Waals surface area contributed by atoms with Crippen LogP contribution in [0.1, 0.15) is 53.5 Å². The highest BCUT2D eigenvalue weighted by atomic mass is 19.4. The van der Waals surface area contributed by atoms with Crippen LogP contribution in [0.2, 0.25) is 0 Å². The minimum atomic E-state index is -4.81. The maximum Gasteiger partial charge on any atom is 0.435 e. The number of hydrogen-bond donors (Lipinski definition) is 1. The lowest BCUT2D eigenvalue weighted by atomic mass is 9.97. The molecule has 3 rings (SSSR count). The van der Waals surface area contributed by atoms with Crippen molar-refractivity contribution in [2.75, 3.05) is 0 Å². The van der Waals surface area contributed by atoms with Gasteiger partial charge in [0.1, 0.15) is 5.82 Å². The Labute approximate surface area is 190 Å². The molecular weight excluding hydrogens is 464 g/mol. The summed E-state index contributed by atoms with van der Waals surface area (Å²) < 4.78 is 81.4. The molecular formula is C23H19F6N3O2. The number of nitrogens with zero attached hydrogens (tertiary/aromatic N) is 2. The molecule has 1 aromatic heterocycles. The van der Waals surface area contributed by atoms with E-state index in [1.807, 2.05) is 0 Å². The lowest BCUT2D eigenvalue weighted by molar-refractivity contribution is -0.141. The van der Waals surface area contributed by atoms with E-state index in [2.05, 4.69) is 10.4 Å². The molecule has 0 aliphatic rings. The van der Waals surface area contributed by atoms with Crippen LogP contribution in [0.25, 0.3) is 5.69 Å². The zero-order chi connectivity index (χ0) is 25.2. The number of halogens is 6. The Morgan fingerprint density at radius 3 is 2.29 bits per heavy atom. The summed E-state index contributed by atoms with van der Waals surface area (Å²) in [6.45, 7) is 2.61. The summed E-state index contributed by atoms with van der Waals surface area (Å²) in [5, 5.41) is 5.86. The molecule has 34 heavy (non-hydrogen) atoms. The monoisotopic (exact) mass is 483 g/mol. The molecule has 0 aliphatic carbocycles. The van der Waals surface area contributed by atoms with Crippen LogP contribution in [0.5, 0.6) is 0 Å². The van der Waals surface area contributed by atoms with E-state index in [0.717, 1.165) is 22.9 Å². The number of aromatic nitrogens is 2. The highest BCUT2D eigenvalue weighted by Gasteiger charge is 2.35. The summed E-state index contributed by atoms with van der Waals surface area (Å²) in [5.41, 5.74) is -1.45. The van der Waals surface area contributed by atoms with E-state index in [-0.39, 0.29) is 28.9 Å². The number of benzene rings is 2. The van der Waals surface area contributed by atoms with Gasteiger partial charge in [0.2, 0.25) is 5.91 Å². The number of nitrogens with one attached hydrogen (secondary N) is 1. The highest BCUT2D eigenvalue weighted by Crippen LogP contribution is 2.30. The van der Waals surface area contributed by atoms with Crippen LogP contribution in [0.4, 0.5) is 26.3 Å². The molecule has 0 bridgehead atoms. The molecule has 5 nitrogen and oxygen atoms in total. The Morgan fingerprint density at radius 1 is 1.00 bits per heavy atom. The quantitative estimate of drug-likeness (QED) is 0.366. The molecule has 0 saturated carbocycles. The first-order valence-corrected chi connectivity index (χ1v) is 10.1. The van der Waals surface area contributed by atoms with Crippen molar-refractivity contribution in [3.63, 3.8) is 0 Å². The van der Waals surface area contributed by atoms with Crippen LogP contribution < -0.4 is 5.32 Å². The van der Waals surface area contributed by atoms with Crippen molar-refractivity contribution < 1.29 is 35.9 Å². The van der Waals surface area contributed by atoms with Crippen molar-refractivity contribution in [3.8, 4) is 5.69 Å². The third-order valence-corrected chi connectivity index (χ3v) is 5.17. The van der Waals surface area contributed by atoms with Crippen LogP contribution in [-0.4, -0.2) is 21.5 Å². The molecule has 1 unspecified atom stereocenters. The number of ketones is 1. The standard InChI is InChI=1S/C23H19F6N3O2/c1-3-20(33)16-6-4-13(8-18(16)25)12(2)22(34)30-11-15-10-21(23(27,28)29)31-32(15)14-5-7-17(24)19(26)9-14/h4-10,12H,3,11H2,1-2H3,(H,30,34). The van der Waals surface area contributed by atoms with Crippen LogP contribution in [-0.2, 0) is 17.5 Å². The average Bonchev–Trinajstić information content (AvgIpc) is 3.23. The second-order valence-electron chi connectivity index (χ2n) is 7.48. The predicted octanol–water partition coefficient (Wildman–Crippen LogP) is 5.32. The number of amides is 1. The van der Waals surface area contributed by atoms with E-state index in [1.165, 1.54) is 19.1 Å². The Kier molecular flexibility index (Phi) is 7.13. The first-order valence-electron chi connectivity index (χ1n) is 10.1. The zero-order valence-electron chi connectivity index (χ0n) is 18.0. The summed E-state index contributed by atoms with van der Waals surface area (Å²) in [4.78, 5) is 24.3. The number of Topliss-reactive ketones (excluding diaryl/α,β-unsaturated/α-hetero) is 1. The van der Waals surface area contributed by atoms with Crippen LogP contribution >= 0.6 is 0 Å². The Hall–Kier alpha value is -3.63. The minimum Gasteiger partial charge on any atom is -0.350 e. The molecule has 0 spiro atoms. The van der Waals surface area contributed by atoms with Gasteiger partial charge in [-0.25, -0.2) is 17.9 Å². The van der Waals surface area contributed by atoms with Crippen molar-refractivity contribution in [2.24, 2.45) is 0 Å². The molecule has 0 radical (unpaired) electrons. The largest absolute Gasteiger partial charge is 0.435 e. The van der Waals surface area contributed by atoms with Gasteiger partial charge < -0.3 is 5.32 Å². The Bertz CT molecular complexity index is 1240. The molecule has 3 aromatic rings. The summed E-state index contributed by atoms with van der Waals surface area (Å²) in [5.74, 6) is -5.18. The average molecular weight is 483 g/mol. The van der Waals surface area contributed by atoms with Gasteiger partial charge >= 0.3 is 6.18 Å². The molecule has 1 atom stereocenters. The zero-order valence-corrected chi connectivity index (χ0v) is 18.0. The molecule has 1 amide bonds. The van der Waals surface area contributed by atoms with Crippen molar-refractivity contribution in [3.05, 3.63) is 82.4 Å². The summed E-state index contributed by atoms with van der Waals surface area (Å²) in [6, 6.07) is 6.89. The van der Waals surface area contributed by atoms with Crippen LogP contribution in [0, 0.1) is 17.5 Å². The van der Waals surface area contributed by atoms with Gasteiger partial charge in [0.05, 0.1) is 29.4 Å². The van der Waals surface area contributed by atoms with Gasteiger partial charge in [-0.3, -0.25) is 9.59 Å². The third-order valence-electron chi connectivity index (χ3n) is 5.17. The number of hydrogen-bond acceptors (Lipinski definition) is 3. The van der Waals surface area contributed by atoms with Gasteiger partial charge in [-0.1, -0.05) is 13.0 Å². The second kappa shape index (κ2) is 9.70. The van der Waals surface area contributed by atoms with Gasteiger partial charge in [0.15, 0.2) is 23.1 Å². The maximum atomic E-state index is 14.3. The van der Waals surface area contributed by atoms with Gasteiger partial charge in [-0.2, -0.15) is 18.3 Å². The maximum absolute atomic E-state index is 14.3. The molecule has 0 aliphatic heterocycles. The fourth-order valence-electron chi connectivity index (χ4n) is 3.22. The number of carbonyl (C=O) groups is 2. The number of rotatable bonds is 7. The summed E-state index contributed by atoms with van der Waals surface area (Å²) in [7, 11) is 0. The van der Waals surface area contributed by atoms with E-state index >= 15 is 0 Å². The number of carbonyl (C=O) groups excluding carboxylic acids is 2. The van der Waals surface area contributed by atoms with Crippen molar-refractivity contribution in [1.29, 1.82) is 0 Å². The lowest BCUT2D eigenvalue weighted by Crippen LogP contribution is -2.28. The molecule has 180 valence electrons. The highest BCUT2D eigenvalue weighted by molar-refractivity contribution is 5.96. The minimum absolute atomic E-state index is 0.103. The Morgan fingerprint density at radius 2 is 1.71 bits per heavy atom. The van der Waals surface area contributed by atoms with Crippen LogP contribution in [0.3, 0.4) is 0 Å². The van der Waals surface area contributed by atoms with E-state index in [0.29, 0.717) is 12.1 Å². The van der Waals surface area contributed by atoms with Gasteiger partial charge in [0.25, 0.3) is 0 Å². The molecule has 1 heterocycles. The first-order chi connectivity index (χ1) is 15.9. The van der Waals surface area contributed by atoms with E-state index in [1.54, 1.807) is 6.92 Å². The first kappa shape index (κ1) is 25.0. The summed E-state index contributed by atoms with van der Waals surface area (Å²) in [6.07, 6.45) is -4.71. The fraction of sp³-hybridized carbons (Fsp3) is 0.261. The normalized spacial score (nSPS) is 12.5.